The number of hydrogen-bond acceptors (Lipinski definition) is 4. The third-order valence-electron chi connectivity index (χ3n) is 2.46. The molecule has 0 bridgehead atoms. The number of halogens is 1. The van der Waals surface area contributed by atoms with Crippen molar-refractivity contribution in [3.63, 3.8) is 0 Å². The van der Waals surface area contributed by atoms with Crippen molar-refractivity contribution < 1.29 is 5.21 Å². The van der Waals surface area contributed by atoms with Crippen molar-refractivity contribution in [3.8, 4) is 0 Å². The number of aromatic nitrogens is 1. The van der Waals surface area contributed by atoms with Crippen LogP contribution >= 0.6 is 27.7 Å². The first-order valence-corrected chi connectivity index (χ1v) is 7.28. The lowest BCUT2D eigenvalue weighted by Gasteiger charge is -2.04. The molecule has 2 rings (SSSR count). The molecule has 0 atom stereocenters. The highest BCUT2D eigenvalue weighted by atomic mass is 79.9. The predicted octanol–water partition coefficient (Wildman–Crippen LogP) is 3.23. The van der Waals surface area contributed by atoms with Crippen molar-refractivity contribution in [1.29, 1.82) is 0 Å². The van der Waals surface area contributed by atoms with Gasteiger partial charge in [0.25, 0.3) is 0 Å². The highest BCUT2D eigenvalue weighted by molar-refractivity contribution is 9.10. The molecular formula is C13H12BrN3OS. The second-order valence-corrected chi connectivity index (χ2v) is 5.58. The van der Waals surface area contributed by atoms with Gasteiger partial charge in [0.15, 0.2) is 5.84 Å². The van der Waals surface area contributed by atoms with Gasteiger partial charge in [-0.15, -0.1) is 11.8 Å². The Morgan fingerprint density at radius 3 is 2.68 bits per heavy atom. The molecule has 1 heterocycles. The zero-order chi connectivity index (χ0) is 13.7. The monoisotopic (exact) mass is 337 g/mol. The zero-order valence-electron chi connectivity index (χ0n) is 9.95. The summed E-state index contributed by atoms with van der Waals surface area (Å²) in [6, 6.07) is 11.4. The summed E-state index contributed by atoms with van der Waals surface area (Å²) in [6.45, 7) is 0. The van der Waals surface area contributed by atoms with Gasteiger partial charge in [-0.1, -0.05) is 29.4 Å². The van der Waals surface area contributed by atoms with Crippen LogP contribution in [-0.4, -0.2) is 16.0 Å². The minimum absolute atomic E-state index is 0.117. The van der Waals surface area contributed by atoms with E-state index in [-0.39, 0.29) is 5.84 Å². The number of nitrogens with two attached hydrogens (primary N) is 1. The van der Waals surface area contributed by atoms with Crippen LogP contribution in [0, 0.1) is 0 Å². The fraction of sp³-hybridized carbons (Fsp3) is 0.0769. The Labute approximate surface area is 123 Å². The minimum atomic E-state index is 0.117. The van der Waals surface area contributed by atoms with Crippen LogP contribution in [0.3, 0.4) is 0 Å². The minimum Gasteiger partial charge on any atom is -0.409 e. The van der Waals surface area contributed by atoms with Gasteiger partial charge in [0.2, 0.25) is 0 Å². The summed E-state index contributed by atoms with van der Waals surface area (Å²) in [5, 5.41) is 12.5. The summed E-state index contributed by atoms with van der Waals surface area (Å²) in [4.78, 5) is 4.30. The molecule has 6 heteroatoms. The van der Waals surface area contributed by atoms with E-state index in [4.69, 9.17) is 10.9 Å². The molecule has 1 aromatic carbocycles. The van der Waals surface area contributed by atoms with Gasteiger partial charge in [0.05, 0.1) is 0 Å². The van der Waals surface area contributed by atoms with Gasteiger partial charge in [-0.25, -0.2) is 4.98 Å². The molecule has 2 aromatic rings. The molecule has 0 aliphatic rings. The molecule has 98 valence electrons. The third kappa shape index (κ3) is 3.71. The topological polar surface area (TPSA) is 71.5 Å². The van der Waals surface area contributed by atoms with Crippen molar-refractivity contribution in [2.24, 2.45) is 10.9 Å². The van der Waals surface area contributed by atoms with E-state index >= 15 is 0 Å². The summed E-state index contributed by atoms with van der Waals surface area (Å²) in [6.07, 6.45) is 1.77. The number of oxime groups is 1. The standard InChI is InChI=1S/C13H12BrN3OS/c14-11-2-1-7-16-13(11)19-8-9-3-5-10(6-4-9)12(15)17-18/h1-7,18H,8H2,(H2,15,17). The van der Waals surface area contributed by atoms with Gasteiger partial charge in [-0.2, -0.15) is 0 Å². The molecule has 0 amide bonds. The molecule has 0 saturated heterocycles. The molecule has 3 N–H and O–H groups in total. The number of thioether (sulfide) groups is 1. The van der Waals surface area contributed by atoms with Crippen LogP contribution in [0.25, 0.3) is 0 Å². The largest absolute Gasteiger partial charge is 0.409 e. The first-order chi connectivity index (χ1) is 9.20. The maximum Gasteiger partial charge on any atom is 0.170 e. The lowest BCUT2D eigenvalue weighted by molar-refractivity contribution is 0.318. The highest BCUT2D eigenvalue weighted by Gasteiger charge is 2.03. The Hall–Kier alpha value is -1.53. The zero-order valence-corrected chi connectivity index (χ0v) is 12.4. The molecule has 0 radical (unpaired) electrons. The fourth-order valence-electron chi connectivity index (χ4n) is 1.46. The molecule has 0 fully saturated rings. The van der Waals surface area contributed by atoms with E-state index in [9.17, 15) is 0 Å². The Morgan fingerprint density at radius 1 is 1.32 bits per heavy atom. The molecule has 0 aliphatic heterocycles. The number of pyridine rings is 1. The third-order valence-corrected chi connectivity index (χ3v) is 4.44. The van der Waals surface area contributed by atoms with Crippen molar-refractivity contribution in [1.82, 2.24) is 4.98 Å². The van der Waals surface area contributed by atoms with E-state index in [0.29, 0.717) is 5.56 Å². The lowest BCUT2D eigenvalue weighted by atomic mass is 10.1. The van der Waals surface area contributed by atoms with Gasteiger partial charge in [0, 0.05) is 22.0 Å². The van der Waals surface area contributed by atoms with Crippen molar-refractivity contribution in [2.75, 3.05) is 0 Å². The molecular weight excluding hydrogens is 326 g/mol. The van der Waals surface area contributed by atoms with E-state index in [2.05, 4.69) is 26.1 Å². The first kappa shape index (κ1) is 13.9. The van der Waals surface area contributed by atoms with Gasteiger partial charge < -0.3 is 10.9 Å². The summed E-state index contributed by atoms with van der Waals surface area (Å²) in [5.41, 5.74) is 7.36. The number of amidine groups is 1. The lowest BCUT2D eigenvalue weighted by Crippen LogP contribution is -2.12. The second kappa shape index (κ2) is 6.58. The number of hydrogen-bond donors (Lipinski definition) is 2. The van der Waals surface area contributed by atoms with Gasteiger partial charge in [-0.05, 0) is 33.6 Å². The summed E-state index contributed by atoms with van der Waals surface area (Å²) in [5.74, 6) is 0.929. The van der Waals surface area contributed by atoms with Crippen LogP contribution in [0.15, 0.2) is 57.2 Å². The molecule has 19 heavy (non-hydrogen) atoms. The molecule has 1 aromatic heterocycles. The number of benzene rings is 1. The van der Waals surface area contributed by atoms with E-state index in [1.807, 2.05) is 36.4 Å². The summed E-state index contributed by atoms with van der Waals surface area (Å²) >= 11 is 5.12. The highest BCUT2D eigenvalue weighted by Crippen LogP contribution is 2.27. The predicted molar refractivity (Wildman–Crippen MR) is 80.5 cm³/mol. The first-order valence-electron chi connectivity index (χ1n) is 5.51. The van der Waals surface area contributed by atoms with Crippen molar-refractivity contribution in [2.45, 2.75) is 10.8 Å². The van der Waals surface area contributed by atoms with Crippen LogP contribution in [0.4, 0.5) is 0 Å². The van der Waals surface area contributed by atoms with Gasteiger partial charge in [0.1, 0.15) is 5.03 Å². The maximum absolute atomic E-state index is 8.59. The van der Waals surface area contributed by atoms with Crippen LogP contribution in [0.2, 0.25) is 0 Å². The van der Waals surface area contributed by atoms with Crippen LogP contribution in [0.5, 0.6) is 0 Å². The summed E-state index contributed by atoms with van der Waals surface area (Å²) < 4.78 is 0.994. The van der Waals surface area contributed by atoms with Gasteiger partial charge >= 0.3 is 0 Å². The fourth-order valence-corrected chi connectivity index (χ4v) is 2.89. The molecule has 0 saturated carbocycles. The van der Waals surface area contributed by atoms with Gasteiger partial charge in [-0.3, -0.25) is 0 Å². The molecule has 0 aliphatic carbocycles. The average molecular weight is 338 g/mol. The van der Waals surface area contributed by atoms with E-state index in [1.54, 1.807) is 18.0 Å². The Morgan fingerprint density at radius 2 is 2.05 bits per heavy atom. The molecule has 0 unspecified atom stereocenters. The SMILES string of the molecule is NC(=NO)c1ccc(CSc2ncccc2Br)cc1. The smallest absolute Gasteiger partial charge is 0.170 e. The average Bonchev–Trinajstić information content (AvgIpc) is 2.46. The van der Waals surface area contributed by atoms with Crippen LogP contribution in [0.1, 0.15) is 11.1 Å². The van der Waals surface area contributed by atoms with Crippen LogP contribution < -0.4 is 5.73 Å². The Balaban J connectivity index is 2.03. The maximum atomic E-state index is 8.59. The Kier molecular flexibility index (Phi) is 4.81. The van der Waals surface area contributed by atoms with E-state index in [0.717, 1.165) is 20.8 Å². The van der Waals surface area contributed by atoms with Crippen molar-refractivity contribution >= 4 is 33.5 Å². The second-order valence-electron chi connectivity index (χ2n) is 3.76. The van der Waals surface area contributed by atoms with Crippen LogP contribution in [-0.2, 0) is 5.75 Å². The van der Waals surface area contributed by atoms with E-state index < -0.39 is 0 Å². The number of nitrogens with zero attached hydrogens (tertiary/aromatic N) is 2. The van der Waals surface area contributed by atoms with Crippen molar-refractivity contribution in [3.05, 3.63) is 58.2 Å². The normalized spacial score (nSPS) is 11.5. The van der Waals surface area contributed by atoms with E-state index in [1.165, 1.54) is 0 Å². The Bertz CT molecular complexity index is 587. The molecule has 0 spiro atoms. The quantitative estimate of drug-likeness (QED) is 0.295. The molecule has 4 nitrogen and oxygen atoms in total. The summed E-state index contributed by atoms with van der Waals surface area (Å²) in [7, 11) is 0. The number of rotatable bonds is 4.